The molecule has 0 aromatic carbocycles. The zero-order valence-electron chi connectivity index (χ0n) is 13.1. The van der Waals surface area contributed by atoms with Gasteiger partial charge in [0.1, 0.15) is 5.69 Å². The molecule has 5 nitrogen and oxygen atoms in total. The van der Waals surface area contributed by atoms with E-state index in [1.165, 1.54) is 6.20 Å². The topological polar surface area (TPSA) is 46.8 Å². The number of hydrogen-bond donors (Lipinski definition) is 0. The lowest BCUT2D eigenvalue weighted by atomic mass is 10.1. The van der Waals surface area contributed by atoms with Crippen LogP contribution in [0.15, 0.2) is 49.1 Å². The Kier molecular flexibility index (Phi) is 3.67. The van der Waals surface area contributed by atoms with Crippen molar-refractivity contribution < 1.29 is 13.2 Å². The monoisotopic (exact) mass is 345 g/mol. The first-order chi connectivity index (χ1) is 12.0. The Balaban J connectivity index is 1.60. The molecule has 25 heavy (non-hydrogen) atoms. The number of nitrogens with zero attached hydrogens (tertiary/aromatic N) is 5. The smallest absolute Gasteiger partial charge is 0.367 e. The maximum absolute atomic E-state index is 12.9. The molecule has 0 saturated heterocycles. The molecule has 4 heterocycles. The fourth-order valence-electron chi connectivity index (χ4n) is 2.93. The van der Waals surface area contributed by atoms with Crippen LogP contribution in [0.5, 0.6) is 0 Å². The summed E-state index contributed by atoms with van der Waals surface area (Å²) in [6.07, 6.45) is 2.75. The normalized spacial score (nSPS) is 14.4. The van der Waals surface area contributed by atoms with Crippen LogP contribution in [-0.4, -0.2) is 26.3 Å². The van der Waals surface area contributed by atoms with Gasteiger partial charge in [0.25, 0.3) is 0 Å². The van der Waals surface area contributed by atoms with E-state index in [-0.39, 0.29) is 0 Å². The first-order valence-electron chi connectivity index (χ1n) is 7.77. The Hall–Kier alpha value is -2.90. The quantitative estimate of drug-likeness (QED) is 0.715. The van der Waals surface area contributed by atoms with Crippen molar-refractivity contribution in [1.82, 2.24) is 19.7 Å². The predicted octanol–water partition coefficient (Wildman–Crippen LogP) is 3.24. The van der Waals surface area contributed by atoms with E-state index in [0.717, 1.165) is 23.0 Å². The van der Waals surface area contributed by atoms with E-state index in [2.05, 4.69) is 15.1 Å². The van der Waals surface area contributed by atoms with E-state index in [0.29, 0.717) is 25.2 Å². The number of halogens is 3. The van der Waals surface area contributed by atoms with Crippen LogP contribution >= 0.6 is 0 Å². The van der Waals surface area contributed by atoms with Gasteiger partial charge in [-0.3, -0.25) is 9.97 Å². The second-order valence-electron chi connectivity index (χ2n) is 5.83. The molecule has 0 bridgehead atoms. The highest BCUT2D eigenvalue weighted by Gasteiger charge is 2.33. The van der Waals surface area contributed by atoms with Crippen molar-refractivity contribution in [3.05, 3.63) is 66.0 Å². The van der Waals surface area contributed by atoms with Crippen molar-refractivity contribution in [1.29, 1.82) is 0 Å². The highest BCUT2D eigenvalue weighted by atomic mass is 19.4. The van der Waals surface area contributed by atoms with Crippen LogP contribution in [0.3, 0.4) is 0 Å². The molecule has 0 N–H and O–H groups in total. The highest BCUT2D eigenvalue weighted by Crippen LogP contribution is 2.31. The van der Waals surface area contributed by atoms with E-state index < -0.39 is 11.9 Å². The van der Waals surface area contributed by atoms with Crippen molar-refractivity contribution in [2.75, 3.05) is 11.4 Å². The molecule has 0 spiro atoms. The minimum Gasteiger partial charge on any atom is -0.367 e. The summed E-state index contributed by atoms with van der Waals surface area (Å²) in [6, 6.07) is 6.43. The number of rotatable bonds is 2. The SMILES string of the molecule is FC(F)(F)c1cc(N2CCc3nn(-c4cccnc4)cc3C2)ccn1. The van der Waals surface area contributed by atoms with Crippen LogP contribution in [0.2, 0.25) is 0 Å². The molecule has 0 radical (unpaired) electrons. The predicted molar refractivity (Wildman–Crippen MR) is 85.4 cm³/mol. The lowest BCUT2D eigenvalue weighted by molar-refractivity contribution is -0.141. The van der Waals surface area contributed by atoms with Crippen molar-refractivity contribution in [3.63, 3.8) is 0 Å². The maximum atomic E-state index is 12.9. The average molecular weight is 345 g/mol. The molecular formula is C17H14F3N5. The number of hydrogen-bond acceptors (Lipinski definition) is 4. The van der Waals surface area contributed by atoms with Crippen molar-refractivity contribution in [2.45, 2.75) is 19.1 Å². The van der Waals surface area contributed by atoms with Gasteiger partial charge in [-0.1, -0.05) is 0 Å². The van der Waals surface area contributed by atoms with Crippen LogP contribution in [0.25, 0.3) is 5.69 Å². The summed E-state index contributed by atoms with van der Waals surface area (Å²) in [4.78, 5) is 9.41. The molecule has 1 aliphatic heterocycles. The summed E-state index contributed by atoms with van der Waals surface area (Å²) in [6.45, 7) is 1.12. The minimum absolute atomic E-state index is 0.511. The molecule has 4 rings (SSSR count). The van der Waals surface area contributed by atoms with Crippen molar-refractivity contribution >= 4 is 5.69 Å². The van der Waals surface area contributed by atoms with Crippen LogP contribution in [-0.2, 0) is 19.1 Å². The molecule has 0 unspecified atom stereocenters. The zero-order valence-corrected chi connectivity index (χ0v) is 13.1. The maximum Gasteiger partial charge on any atom is 0.433 e. The molecule has 128 valence electrons. The molecule has 0 fully saturated rings. The van der Waals surface area contributed by atoms with Gasteiger partial charge in [0.2, 0.25) is 0 Å². The molecule has 1 aliphatic rings. The first-order valence-corrected chi connectivity index (χ1v) is 7.77. The molecule has 8 heteroatoms. The van der Waals surface area contributed by atoms with E-state index in [9.17, 15) is 13.2 Å². The Labute approximate surface area is 141 Å². The standard InChI is InChI=1S/C17H14F3N5/c18-17(19,20)16-8-13(3-6-22-16)24-7-4-15-12(10-24)11-25(23-15)14-2-1-5-21-9-14/h1-3,5-6,8-9,11H,4,7,10H2. The Bertz CT molecular complexity index is 889. The van der Waals surface area contributed by atoms with Gasteiger partial charge < -0.3 is 4.90 Å². The average Bonchev–Trinajstić information content (AvgIpc) is 3.05. The number of fused-ring (bicyclic) bond motifs is 1. The van der Waals surface area contributed by atoms with Gasteiger partial charge in [-0.05, 0) is 24.3 Å². The summed E-state index contributed by atoms with van der Waals surface area (Å²) in [5.74, 6) is 0. The molecular weight excluding hydrogens is 331 g/mol. The van der Waals surface area contributed by atoms with Gasteiger partial charge in [0.05, 0.1) is 17.6 Å². The molecule has 0 saturated carbocycles. The van der Waals surface area contributed by atoms with Crippen LogP contribution in [0, 0.1) is 0 Å². The molecule has 0 aliphatic carbocycles. The fourth-order valence-corrected chi connectivity index (χ4v) is 2.93. The summed E-state index contributed by atoms with van der Waals surface area (Å²) >= 11 is 0. The largest absolute Gasteiger partial charge is 0.433 e. The van der Waals surface area contributed by atoms with Gasteiger partial charge >= 0.3 is 6.18 Å². The fraction of sp³-hybridized carbons (Fsp3) is 0.235. The van der Waals surface area contributed by atoms with Gasteiger partial charge in [0, 0.05) is 49.4 Å². The number of alkyl halides is 3. The zero-order chi connectivity index (χ0) is 17.4. The molecule has 0 atom stereocenters. The molecule has 3 aromatic rings. The van der Waals surface area contributed by atoms with Gasteiger partial charge in [0.15, 0.2) is 0 Å². The lowest BCUT2D eigenvalue weighted by Crippen LogP contribution is -2.30. The Morgan fingerprint density at radius 2 is 1.96 bits per heavy atom. The lowest BCUT2D eigenvalue weighted by Gasteiger charge is -2.28. The van der Waals surface area contributed by atoms with Crippen LogP contribution in [0.1, 0.15) is 17.0 Å². The summed E-state index contributed by atoms with van der Waals surface area (Å²) in [5, 5.41) is 4.56. The third kappa shape index (κ3) is 3.07. The van der Waals surface area contributed by atoms with Crippen LogP contribution < -0.4 is 4.90 Å². The first kappa shape index (κ1) is 15.6. The summed E-state index contributed by atoms with van der Waals surface area (Å²) < 4.78 is 40.4. The van der Waals surface area contributed by atoms with Gasteiger partial charge in [-0.25, -0.2) is 4.68 Å². The second kappa shape index (κ2) is 5.87. The minimum atomic E-state index is -4.44. The Morgan fingerprint density at radius 1 is 1.08 bits per heavy atom. The van der Waals surface area contributed by atoms with Gasteiger partial charge in [-0.15, -0.1) is 0 Å². The van der Waals surface area contributed by atoms with E-state index in [1.807, 2.05) is 23.2 Å². The van der Waals surface area contributed by atoms with Gasteiger partial charge in [-0.2, -0.15) is 18.3 Å². The third-order valence-corrected chi connectivity index (χ3v) is 4.17. The number of aromatic nitrogens is 4. The molecule has 3 aromatic heterocycles. The van der Waals surface area contributed by atoms with E-state index >= 15 is 0 Å². The summed E-state index contributed by atoms with van der Waals surface area (Å²) in [7, 11) is 0. The number of anilines is 1. The van der Waals surface area contributed by atoms with E-state index in [4.69, 9.17) is 0 Å². The number of pyridine rings is 2. The Morgan fingerprint density at radius 3 is 2.72 bits per heavy atom. The second-order valence-corrected chi connectivity index (χ2v) is 5.83. The third-order valence-electron chi connectivity index (χ3n) is 4.17. The van der Waals surface area contributed by atoms with Crippen LogP contribution in [0.4, 0.5) is 18.9 Å². The summed E-state index contributed by atoms with van der Waals surface area (Å²) in [5.41, 5.74) is 2.46. The highest BCUT2D eigenvalue weighted by molar-refractivity contribution is 5.49. The molecule has 0 amide bonds. The van der Waals surface area contributed by atoms with E-state index in [1.54, 1.807) is 23.1 Å². The van der Waals surface area contributed by atoms with Crippen molar-refractivity contribution in [2.24, 2.45) is 0 Å². The van der Waals surface area contributed by atoms with Crippen molar-refractivity contribution in [3.8, 4) is 5.69 Å².